The van der Waals surface area contributed by atoms with Gasteiger partial charge in [0.15, 0.2) is 0 Å². The van der Waals surface area contributed by atoms with Gasteiger partial charge in [0.1, 0.15) is 0 Å². The van der Waals surface area contributed by atoms with Gasteiger partial charge in [-0.2, -0.15) is 0 Å². The number of carboxylic acid groups (broad SMARTS) is 2. The predicted octanol–water partition coefficient (Wildman–Crippen LogP) is 1.85. The molecule has 2 N–H and O–H groups in total. The van der Waals surface area contributed by atoms with Crippen LogP contribution < -0.4 is 0 Å². The Hall–Kier alpha value is -2.04. The molecule has 0 radical (unpaired) electrons. The molecule has 2 atom stereocenters. The maximum absolute atomic E-state index is 11.3. The zero-order valence-corrected chi connectivity index (χ0v) is 9.82. The Labute approximate surface area is 105 Å². The van der Waals surface area contributed by atoms with Gasteiger partial charge < -0.3 is 15.1 Å². The van der Waals surface area contributed by atoms with Crippen molar-refractivity contribution < 1.29 is 19.8 Å². The minimum atomic E-state index is -1.05. The molecule has 0 saturated carbocycles. The van der Waals surface area contributed by atoms with Crippen LogP contribution >= 0.6 is 0 Å². The van der Waals surface area contributed by atoms with Gasteiger partial charge in [-0.05, 0) is 12.0 Å². The zero-order valence-electron chi connectivity index (χ0n) is 9.82. The van der Waals surface area contributed by atoms with Crippen molar-refractivity contribution in [2.75, 3.05) is 13.1 Å². The van der Waals surface area contributed by atoms with Crippen LogP contribution in [-0.4, -0.2) is 40.3 Å². The Kier molecular flexibility index (Phi) is 3.50. The van der Waals surface area contributed by atoms with E-state index in [1.54, 1.807) is 0 Å². The summed E-state index contributed by atoms with van der Waals surface area (Å²) < 4.78 is 0. The highest BCUT2D eigenvalue weighted by molar-refractivity contribution is 5.74. The number of nitrogens with zero attached hydrogens (tertiary/aromatic N) is 1. The maximum Gasteiger partial charge on any atom is 0.407 e. The monoisotopic (exact) mass is 249 g/mol. The SMILES string of the molecule is O=C(O)[C@@H]1CN(C(=O)O)CC[C@H]1c1ccccc1. The number of aliphatic carboxylic acids is 1. The zero-order chi connectivity index (χ0) is 13.1. The Balaban J connectivity index is 2.21. The van der Waals surface area contributed by atoms with Crippen molar-refractivity contribution in [3.05, 3.63) is 35.9 Å². The molecule has 1 aromatic carbocycles. The standard InChI is InChI=1S/C13H15NO4/c15-12(16)11-8-14(13(17)18)7-6-10(11)9-4-2-1-3-5-9/h1-5,10-11H,6-8H2,(H,15,16)(H,17,18)/t10-,11+/m0/s1. The van der Waals surface area contributed by atoms with E-state index in [1.165, 1.54) is 4.90 Å². The minimum Gasteiger partial charge on any atom is -0.481 e. The molecular weight excluding hydrogens is 234 g/mol. The van der Waals surface area contributed by atoms with E-state index in [0.717, 1.165) is 5.56 Å². The second kappa shape index (κ2) is 5.08. The topological polar surface area (TPSA) is 77.8 Å². The molecule has 1 aliphatic heterocycles. The van der Waals surface area contributed by atoms with E-state index in [4.69, 9.17) is 5.11 Å². The molecule has 0 unspecified atom stereocenters. The second-order valence-electron chi connectivity index (χ2n) is 4.48. The fourth-order valence-electron chi connectivity index (χ4n) is 2.48. The first kappa shape index (κ1) is 12.4. The number of hydrogen-bond donors (Lipinski definition) is 2. The number of hydrogen-bond acceptors (Lipinski definition) is 2. The fraction of sp³-hybridized carbons (Fsp3) is 0.385. The summed E-state index contributed by atoms with van der Waals surface area (Å²) in [6, 6.07) is 9.43. The highest BCUT2D eigenvalue weighted by Crippen LogP contribution is 2.33. The smallest absolute Gasteiger partial charge is 0.407 e. The van der Waals surface area contributed by atoms with Crippen LogP contribution in [0.3, 0.4) is 0 Å². The minimum absolute atomic E-state index is 0.0597. The molecule has 1 saturated heterocycles. The van der Waals surface area contributed by atoms with Crippen LogP contribution in [0.1, 0.15) is 17.9 Å². The van der Waals surface area contributed by atoms with E-state index >= 15 is 0 Å². The highest BCUT2D eigenvalue weighted by atomic mass is 16.4. The molecule has 1 amide bonds. The first-order valence-corrected chi connectivity index (χ1v) is 5.85. The molecule has 1 aliphatic rings. The summed E-state index contributed by atoms with van der Waals surface area (Å²) in [5.41, 5.74) is 0.968. The number of rotatable bonds is 2. The number of carboxylic acids is 1. The second-order valence-corrected chi connectivity index (χ2v) is 4.48. The quantitative estimate of drug-likeness (QED) is 0.838. The summed E-state index contributed by atoms with van der Waals surface area (Å²) in [6.07, 6.45) is -0.499. The third-order valence-corrected chi connectivity index (χ3v) is 3.43. The normalized spacial score (nSPS) is 23.7. The third-order valence-electron chi connectivity index (χ3n) is 3.43. The number of likely N-dealkylation sites (tertiary alicyclic amines) is 1. The maximum atomic E-state index is 11.3. The van der Waals surface area contributed by atoms with Crippen LogP contribution in [0.15, 0.2) is 30.3 Å². The Bertz CT molecular complexity index is 446. The number of benzene rings is 1. The van der Waals surface area contributed by atoms with Crippen molar-refractivity contribution in [3.8, 4) is 0 Å². The molecule has 1 aromatic rings. The highest BCUT2D eigenvalue weighted by Gasteiger charge is 2.36. The lowest BCUT2D eigenvalue weighted by Crippen LogP contribution is -2.45. The Morgan fingerprint density at radius 3 is 2.39 bits per heavy atom. The summed E-state index contributed by atoms with van der Waals surface area (Å²) in [4.78, 5) is 23.4. The van der Waals surface area contributed by atoms with Crippen LogP contribution in [0, 0.1) is 5.92 Å². The lowest BCUT2D eigenvalue weighted by molar-refractivity contribution is -0.144. The first-order chi connectivity index (χ1) is 8.59. The lowest BCUT2D eigenvalue weighted by atomic mass is 9.80. The summed E-state index contributed by atoms with van der Waals surface area (Å²) >= 11 is 0. The molecule has 1 fully saturated rings. The molecule has 0 aliphatic carbocycles. The van der Waals surface area contributed by atoms with Crippen LogP contribution in [-0.2, 0) is 4.79 Å². The van der Waals surface area contributed by atoms with E-state index in [1.807, 2.05) is 30.3 Å². The Morgan fingerprint density at radius 1 is 1.17 bits per heavy atom. The van der Waals surface area contributed by atoms with Crippen LogP contribution in [0.2, 0.25) is 0 Å². The lowest BCUT2D eigenvalue weighted by Gasteiger charge is -2.35. The van der Waals surface area contributed by atoms with Gasteiger partial charge in [-0.1, -0.05) is 30.3 Å². The molecule has 5 heteroatoms. The third kappa shape index (κ3) is 2.45. The summed E-state index contributed by atoms with van der Waals surface area (Å²) in [5.74, 6) is -1.72. The molecule has 5 nitrogen and oxygen atoms in total. The van der Waals surface area contributed by atoms with Gasteiger partial charge in [0.25, 0.3) is 0 Å². The van der Waals surface area contributed by atoms with E-state index in [0.29, 0.717) is 13.0 Å². The number of amides is 1. The van der Waals surface area contributed by atoms with Gasteiger partial charge in [-0.15, -0.1) is 0 Å². The predicted molar refractivity (Wildman–Crippen MR) is 64.5 cm³/mol. The molecule has 18 heavy (non-hydrogen) atoms. The number of carbonyl (C=O) groups is 2. The van der Waals surface area contributed by atoms with Crippen molar-refractivity contribution in [2.45, 2.75) is 12.3 Å². The van der Waals surface area contributed by atoms with Crippen molar-refractivity contribution in [1.82, 2.24) is 4.90 Å². The van der Waals surface area contributed by atoms with Gasteiger partial charge in [0.2, 0.25) is 0 Å². The molecule has 2 rings (SSSR count). The molecule has 0 spiro atoms. The summed E-state index contributed by atoms with van der Waals surface area (Å²) in [5, 5.41) is 18.2. The average Bonchev–Trinajstić information content (AvgIpc) is 2.39. The largest absolute Gasteiger partial charge is 0.481 e. The average molecular weight is 249 g/mol. The van der Waals surface area contributed by atoms with E-state index in [9.17, 15) is 14.7 Å². The summed E-state index contributed by atoms with van der Waals surface area (Å²) in [7, 11) is 0. The number of piperidine rings is 1. The molecule has 1 heterocycles. The van der Waals surface area contributed by atoms with Crippen LogP contribution in [0.4, 0.5) is 4.79 Å². The molecule has 96 valence electrons. The molecular formula is C13H15NO4. The van der Waals surface area contributed by atoms with Gasteiger partial charge in [-0.25, -0.2) is 4.79 Å². The molecule has 0 bridgehead atoms. The van der Waals surface area contributed by atoms with Crippen molar-refractivity contribution in [1.29, 1.82) is 0 Å². The van der Waals surface area contributed by atoms with Crippen molar-refractivity contribution >= 4 is 12.1 Å². The van der Waals surface area contributed by atoms with Crippen molar-refractivity contribution in [3.63, 3.8) is 0 Å². The fourth-order valence-corrected chi connectivity index (χ4v) is 2.48. The van der Waals surface area contributed by atoms with Crippen molar-refractivity contribution in [2.24, 2.45) is 5.92 Å². The van der Waals surface area contributed by atoms with Gasteiger partial charge in [-0.3, -0.25) is 4.79 Å². The molecule has 0 aromatic heterocycles. The van der Waals surface area contributed by atoms with E-state index in [2.05, 4.69) is 0 Å². The van der Waals surface area contributed by atoms with E-state index in [-0.39, 0.29) is 12.5 Å². The summed E-state index contributed by atoms with van der Waals surface area (Å²) in [6.45, 7) is 0.447. The van der Waals surface area contributed by atoms with Crippen LogP contribution in [0.5, 0.6) is 0 Å². The van der Waals surface area contributed by atoms with E-state index < -0.39 is 18.0 Å². The first-order valence-electron chi connectivity index (χ1n) is 5.85. The van der Waals surface area contributed by atoms with Gasteiger partial charge in [0.05, 0.1) is 5.92 Å². The Morgan fingerprint density at radius 2 is 1.83 bits per heavy atom. The van der Waals surface area contributed by atoms with Gasteiger partial charge >= 0.3 is 12.1 Å². The van der Waals surface area contributed by atoms with Gasteiger partial charge in [0, 0.05) is 19.0 Å². The van der Waals surface area contributed by atoms with Crippen LogP contribution in [0.25, 0.3) is 0 Å².